The maximum Gasteiger partial charge on any atom is 0.261 e. The Morgan fingerprint density at radius 3 is 2.69 bits per heavy atom. The lowest BCUT2D eigenvalue weighted by atomic mass is 9.89. The molecule has 1 aromatic heterocycles. The van der Waals surface area contributed by atoms with Crippen molar-refractivity contribution in [1.29, 1.82) is 0 Å². The van der Waals surface area contributed by atoms with Crippen LogP contribution in [0.5, 0.6) is 0 Å². The highest BCUT2D eigenvalue weighted by atomic mass is 32.1. The summed E-state index contributed by atoms with van der Waals surface area (Å²) in [6, 6.07) is 1.95. The zero-order valence-electron chi connectivity index (χ0n) is 9.92. The summed E-state index contributed by atoms with van der Waals surface area (Å²) in [6.07, 6.45) is 0. The van der Waals surface area contributed by atoms with Crippen LogP contribution in [0.25, 0.3) is 0 Å². The van der Waals surface area contributed by atoms with Gasteiger partial charge in [-0.2, -0.15) is 0 Å². The predicted octanol–water partition coefficient (Wildman–Crippen LogP) is 2.13. The summed E-state index contributed by atoms with van der Waals surface area (Å²) >= 11 is 1.56. The van der Waals surface area contributed by atoms with Crippen molar-refractivity contribution >= 4 is 17.2 Å². The predicted molar refractivity (Wildman–Crippen MR) is 65.1 cm³/mol. The molecule has 0 atom stereocenters. The zero-order chi connectivity index (χ0) is 11.8. The summed E-state index contributed by atoms with van der Waals surface area (Å²) in [5.41, 5.74) is 1.32. The molecule has 1 aromatic rings. The summed E-state index contributed by atoms with van der Waals surface area (Å²) < 4.78 is 5.15. The Kier molecular flexibility index (Phi) is 3.04. The molecule has 4 heteroatoms. The first-order chi connectivity index (χ1) is 7.50. The number of aryl methyl sites for hydroxylation is 2. The molecule has 1 saturated heterocycles. The van der Waals surface area contributed by atoms with Crippen molar-refractivity contribution in [3.63, 3.8) is 0 Å². The van der Waals surface area contributed by atoms with Gasteiger partial charge in [-0.3, -0.25) is 4.79 Å². The van der Waals surface area contributed by atoms with Crippen molar-refractivity contribution in [2.75, 3.05) is 19.8 Å². The van der Waals surface area contributed by atoms with E-state index in [1.165, 1.54) is 10.4 Å². The van der Waals surface area contributed by atoms with Crippen LogP contribution in [0.3, 0.4) is 0 Å². The number of thiophene rings is 1. The van der Waals surface area contributed by atoms with Crippen molar-refractivity contribution in [3.05, 3.63) is 21.4 Å². The standard InChI is InChI=1S/C12H17NO2S/c1-8-4-10(16-9(8)2)11(14)13-5-12(3)6-15-7-12/h4H,5-7H2,1-3H3,(H,13,14). The molecule has 0 unspecified atom stereocenters. The molecule has 1 aliphatic heterocycles. The van der Waals surface area contributed by atoms with E-state index in [-0.39, 0.29) is 11.3 Å². The van der Waals surface area contributed by atoms with Crippen molar-refractivity contribution < 1.29 is 9.53 Å². The zero-order valence-corrected chi connectivity index (χ0v) is 10.7. The molecule has 0 saturated carbocycles. The van der Waals surface area contributed by atoms with Crippen molar-refractivity contribution in [2.24, 2.45) is 5.41 Å². The first-order valence-corrected chi connectivity index (χ1v) is 6.25. The van der Waals surface area contributed by atoms with Crippen LogP contribution in [0.1, 0.15) is 27.0 Å². The number of rotatable bonds is 3. The summed E-state index contributed by atoms with van der Waals surface area (Å²) in [5.74, 6) is 0.0364. The normalized spacial score (nSPS) is 17.9. The van der Waals surface area contributed by atoms with Gasteiger partial charge in [-0.15, -0.1) is 11.3 Å². The van der Waals surface area contributed by atoms with Crippen LogP contribution >= 0.6 is 11.3 Å². The number of carbonyl (C=O) groups excluding carboxylic acids is 1. The summed E-state index contributed by atoms with van der Waals surface area (Å²) in [5, 5.41) is 2.97. The molecule has 0 spiro atoms. The second-order valence-corrected chi connectivity index (χ2v) is 6.09. The quantitative estimate of drug-likeness (QED) is 0.877. The van der Waals surface area contributed by atoms with Gasteiger partial charge in [0.25, 0.3) is 5.91 Å². The summed E-state index contributed by atoms with van der Waals surface area (Å²) in [6.45, 7) is 8.39. The molecule has 2 heterocycles. The molecular formula is C12H17NO2S. The van der Waals surface area contributed by atoms with Crippen LogP contribution in [-0.2, 0) is 4.74 Å². The molecular weight excluding hydrogens is 222 g/mol. The average Bonchev–Trinajstić information content (AvgIpc) is 2.53. The van der Waals surface area contributed by atoms with E-state index in [4.69, 9.17) is 4.74 Å². The monoisotopic (exact) mass is 239 g/mol. The molecule has 1 fully saturated rings. The summed E-state index contributed by atoms with van der Waals surface area (Å²) in [7, 11) is 0. The van der Waals surface area contributed by atoms with Gasteiger partial charge < -0.3 is 10.1 Å². The van der Waals surface area contributed by atoms with E-state index in [1.807, 2.05) is 19.9 Å². The number of hydrogen-bond donors (Lipinski definition) is 1. The number of hydrogen-bond acceptors (Lipinski definition) is 3. The minimum atomic E-state index is 0.0364. The van der Waals surface area contributed by atoms with Gasteiger partial charge in [0.05, 0.1) is 18.1 Å². The Morgan fingerprint density at radius 1 is 1.56 bits per heavy atom. The maximum atomic E-state index is 11.9. The lowest BCUT2D eigenvalue weighted by Crippen LogP contribution is -2.48. The number of amides is 1. The highest BCUT2D eigenvalue weighted by molar-refractivity contribution is 7.14. The lowest BCUT2D eigenvalue weighted by molar-refractivity contribution is -0.0978. The first kappa shape index (κ1) is 11.6. The molecule has 0 aliphatic carbocycles. The molecule has 1 N–H and O–H groups in total. The van der Waals surface area contributed by atoms with E-state index in [2.05, 4.69) is 12.2 Å². The number of ether oxygens (including phenoxy) is 1. The maximum absolute atomic E-state index is 11.9. The van der Waals surface area contributed by atoms with Gasteiger partial charge in [0.1, 0.15) is 0 Å². The minimum absolute atomic E-state index is 0.0364. The molecule has 3 nitrogen and oxygen atoms in total. The van der Waals surface area contributed by atoms with Crippen molar-refractivity contribution in [1.82, 2.24) is 5.32 Å². The van der Waals surface area contributed by atoms with Gasteiger partial charge in [0.15, 0.2) is 0 Å². The van der Waals surface area contributed by atoms with E-state index in [1.54, 1.807) is 11.3 Å². The smallest absolute Gasteiger partial charge is 0.261 e. The van der Waals surface area contributed by atoms with Crippen LogP contribution in [-0.4, -0.2) is 25.7 Å². The highest BCUT2D eigenvalue weighted by Crippen LogP contribution is 2.26. The van der Waals surface area contributed by atoms with Gasteiger partial charge in [-0.1, -0.05) is 6.92 Å². The van der Waals surface area contributed by atoms with E-state index < -0.39 is 0 Å². The second-order valence-electron chi connectivity index (χ2n) is 4.84. The van der Waals surface area contributed by atoms with E-state index in [9.17, 15) is 4.79 Å². The molecule has 0 bridgehead atoms. The highest BCUT2D eigenvalue weighted by Gasteiger charge is 2.33. The van der Waals surface area contributed by atoms with Crippen LogP contribution in [0, 0.1) is 19.3 Å². The Morgan fingerprint density at radius 2 is 2.25 bits per heavy atom. The summed E-state index contributed by atoms with van der Waals surface area (Å²) in [4.78, 5) is 13.9. The fourth-order valence-corrected chi connectivity index (χ4v) is 2.57. The van der Waals surface area contributed by atoms with Crippen molar-refractivity contribution in [3.8, 4) is 0 Å². The van der Waals surface area contributed by atoms with Crippen LogP contribution in [0.15, 0.2) is 6.07 Å². The Bertz CT molecular complexity index is 388. The van der Waals surface area contributed by atoms with E-state index in [0.29, 0.717) is 6.54 Å². The largest absolute Gasteiger partial charge is 0.380 e. The SMILES string of the molecule is Cc1cc(C(=O)NCC2(C)COC2)sc1C. The van der Waals surface area contributed by atoms with Gasteiger partial charge in [-0.05, 0) is 25.5 Å². The lowest BCUT2D eigenvalue weighted by Gasteiger charge is -2.37. The van der Waals surface area contributed by atoms with Gasteiger partial charge in [-0.25, -0.2) is 0 Å². The Labute approximate surface area is 99.8 Å². The average molecular weight is 239 g/mol. The third-order valence-corrected chi connectivity index (χ3v) is 4.12. The molecule has 88 valence electrons. The third-order valence-electron chi connectivity index (χ3n) is 2.97. The fraction of sp³-hybridized carbons (Fsp3) is 0.583. The topological polar surface area (TPSA) is 38.3 Å². The fourth-order valence-electron chi connectivity index (χ4n) is 1.62. The van der Waals surface area contributed by atoms with E-state index in [0.717, 1.165) is 18.1 Å². The molecule has 1 amide bonds. The van der Waals surface area contributed by atoms with Gasteiger partial charge in [0, 0.05) is 16.8 Å². The van der Waals surface area contributed by atoms with Crippen LogP contribution in [0.2, 0.25) is 0 Å². The van der Waals surface area contributed by atoms with Crippen molar-refractivity contribution in [2.45, 2.75) is 20.8 Å². The molecule has 2 rings (SSSR count). The van der Waals surface area contributed by atoms with Crippen LogP contribution in [0.4, 0.5) is 0 Å². The van der Waals surface area contributed by atoms with Gasteiger partial charge >= 0.3 is 0 Å². The second kappa shape index (κ2) is 4.18. The molecule has 0 radical (unpaired) electrons. The number of nitrogens with one attached hydrogen (secondary N) is 1. The third kappa shape index (κ3) is 2.28. The van der Waals surface area contributed by atoms with E-state index >= 15 is 0 Å². The molecule has 0 aromatic carbocycles. The Balaban J connectivity index is 1.93. The minimum Gasteiger partial charge on any atom is -0.380 e. The first-order valence-electron chi connectivity index (χ1n) is 5.43. The molecule has 16 heavy (non-hydrogen) atoms. The number of carbonyl (C=O) groups is 1. The Hall–Kier alpha value is -0.870. The van der Waals surface area contributed by atoms with Gasteiger partial charge in [0.2, 0.25) is 0 Å². The molecule has 1 aliphatic rings. The van der Waals surface area contributed by atoms with Crippen LogP contribution < -0.4 is 5.32 Å².